The van der Waals surface area contributed by atoms with Crippen molar-refractivity contribution in [3.63, 3.8) is 0 Å². The Balaban J connectivity index is 1.99. The summed E-state index contributed by atoms with van der Waals surface area (Å²) in [5.74, 6) is 1.46. The molecule has 0 saturated carbocycles. The fourth-order valence-electron chi connectivity index (χ4n) is 3.15. The summed E-state index contributed by atoms with van der Waals surface area (Å²) in [4.78, 5) is 8.60. The van der Waals surface area contributed by atoms with Crippen LogP contribution in [0, 0.1) is 6.92 Å². The Kier molecular flexibility index (Phi) is 4.75. The van der Waals surface area contributed by atoms with Crippen LogP contribution in [-0.2, 0) is 6.61 Å². The number of H-pyrrole nitrogens is 1. The van der Waals surface area contributed by atoms with Crippen molar-refractivity contribution in [1.29, 1.82) is 0 Å². The predicted molar refractivity (Wildman–Crippen MR) is 109 cm³/mol. The zero-order chi connectivity index (χ0) is 19.7. The first-order valence-corrected chi connectivity index (χ1v) is 8.96. The number of methoxy groups -OCH3 is 1. The number of nitrogens with one attached hydrogen (secondary N) is 1. The fourth-order valence-corrected chi connectivity index (χ4v) is 3.32. The van der Waals surface area contributed by atoms with Gasteiger partial charge < -0.3 is 15.2 Å². The van der Waals surface area contributed by atoms with E-state index in [2.05, 4.69) is 20.2 Å². The summed E-state index contributed by atoms with van der Waals surface area (Å²) in [7, 11) is 1.57. The highest BCUT2D eigenvalue weighted by Gasteiger charge is 2.21. The molecular formula is C20H18ClN5O2. The van der Waals surface area contributed by atoms with Crippen molar-refractivity contribution in [3.8, 4) is 22.6 Å². The average molecular weight is 396 g/mol. The number of halogens is 1. The molecule has 4 aromatic rings. The van der Waals surface area contributed by atoms with E-state index in [4.69, 9.17) is 26.8 Å². The first kappa shape index (κ1) is 18.1. The van der Waals surface area contributed by atoms with Gasteiger partial charge in [0.1, 0.15) is 30.3 Å². The number of ether oxygens (including phenoxy) is 2. The lowest BCUT2D eigenvalue weighted by Crippen LogP contribution is -2.03. The minimum atomic E-state index is 0.283. The van der Waals surface area contributed by atoms with Crippen LogP contribution in [0.15, 0.2) is 42.9 Å². The number of hydrogen-bond donors (Lipinski definition) is 2. The van der Waals surface area contributed by atoms with Crippen LogP contribution < -0.4 is 15.2 Å². The average Bonchev–Trinajstić information content (AvgIpc) is 3.22. The summed E-state index contributed by atoms with van der Waals surface area (Å²) >= 11 is 6.38. The maximum Gasteiger partial charge on any atom is 0.138 e. The molecule has 0 aliphatic rings. The number of fused-ring (bicyclic) bond motifs is 1. The van der Waals surface area contributed by atoms with Gasteiger partial charge in [0.2, 0.25) is 0 Å². The van der Waals surface area contributed by atoms with Crippen LogP contribution in [0.25, 0.3) is 22.0 Å². The van der Waals surface area contributed by atoms with Gasteiger partial charge in [-0.15, -0.1) is 0 Å². The van der Waals surface area contributed by atoms with Crippen LogP contribution in [0.3, 0.4) is 0 Å². The van der Waals surface area contributed by atoms with Crippen LogP contribution in [0.5, 0.6) is 11.5 Å². The molecule has 0 unspecified atom stereocenters. The van der Waals surface area contributed by atoms with Gasteiger partial charge in [-0.1, -0.05) is 23.7 Å². The molecule has 0 bridgehead atoms. The molecule has 2 heterocycles. The molecule has 4 rings (SSSR count). The van der Waals surface area contributed by atoms with Crippen molar-refractivity contribution in [3.05, 3.63) is 59.1 Å². The highest BCUT2D eigenvalue weighted by Crippen LogP contribution is 2.44. The zero-order valence-corrected chi connectivity index (χ0v) is 16.1. The topological polar surface area (TPSA) is 98.9 Å². The number of nitrogens with two attached hydrogens (primary N) is 1. The Bertz CT molecular complexity index is 1150. The summed E-state index contributed by atoms with van der Waals surface area (Å²) < 4.78 is 11.7. The Morgan fingerprint density at radius 3 is 2.79 bits per heavy atom. The number of rotatable bonds is 5. The van der Waals surface area contributed by atoms with Crippen molar-refractivity contribution >= 4 is 28.3 Å². The van der Waals surface area contributed by atoms with Gasteiger partial charge in [0.15, 0.2) is 0 Å². The summed E-state index contributed by atoms with van der Waals surface area (Å²) in [5.41, 5.74) is 10.1. The van der Waals surface area contributed by atoms with Crippen LogP contribution in [0.2, 0.25) is 5.02 Å². The van der Waals surface area contributed by atoms with Gasteiger partial charge >= 0.3 is 0 Å². The highest BCUT2D eigenvalue weighted by molar-refractivity contribution is 6.31. The quantitative estimate of drug-likeness (QED) is 0.526. The van der Waals surface area contributed by atoms with E-state index in [0.29, 0.717) is 33.2 Å². The van der Waals surface area contributed by atoms with E-state index in [9.17, 15) is 0 Å². The van der Waals surface area contributed by atoms with E-state index >= 15 is 0 Å². The maximum absolute atomic E-state index is 6.38. The molecule has 0 radical (unpaired) electrons. The molecular weight excluding hydrogens is 378 g/mol. The van der Waals surface area contributed by atoms with Crippen molar-refractivity contribution in [2.24, 2.45) is 0 Å². The van der Waals surface area contributed by atoms with E-state index in [1.807, 2.05) is 31.2 Å². The summed E-state index contributed by atoms with van der Waals surface area (Å²) in [6.07, 6.45) is 3.17. The van der Waals surface area contributed by atoms with Gasteiger partial charge in [0.25, 0.3) is 0 Å². The third kappa shape index (κ3) is 3.10. The number of nitrogen functional groups attached to an aromatic ring is 1. The molecule has 0 aliphatic heterocycles. The molecule has 0 saturated heterocycles. The maximum atomic E-state index is 6.38. The van der Waals surface area contributed by atoms with Gasteiger partial charge in [-0.25, -0.2) is 9.97 Å². The lowest BCUT2D eigenvalue weighted by molar-refractivity contribution is 0.300. The number of nitrogens with zero attached hydrogens (tertiary/aromatic N) is 3. The van der Waals surface area contributed by atoms with Gasteiger partial charge in [-0.3, -0.25) is 5.10 Å². The normalized spacial score (nSPS) is 11.0. The monoisotopic (exact) mass is 395 g/mol. The molecule has 28 heavy (non-hydrogen) atoms. The number of hydrogen-bond acceptors (Lipinski definition) is 6. The van der Waals surface area contributed by atoms with Crippen molar-refractivity contribution in [1.82, 2.24) is 20.2 Å². The van der Waals surface area contributed by atoms with Crippen LogP contribution in [0.1, 0.15) is 11.3 Å². The summed E-state index contributed by atoms with van der Waals surface area (Å²) in [6.45, 7) is 2.24. The molecule has 0 aliphatic carbocycles. The molecule has 142 valence electrons. The molecule has 0 fully saturated rings. The Morgan fingerprint density at radius 2 is 2.04 bits per heavy atom. The van der Waals surface area contributed by atoms with Crippen molar-refractivity contribution < 1.29 is 9.47 Å². The summed E-state index contributed by atoms with van der Waals surface area (Å²) in [6, 6.07) is 9.36. The Hall–Kier alpha value is -3.32. The Labute approximate surface area is 166 Å². The molecule has 3 N–H and O–H groups in total. The first-order chi connectivity index (χ1) is 13.6. The lowest BCUT2D eigenvalue weighted by atomic mass is 9.96. The predicted octanol–water partition coefficient (Wildman–Crippen LogP) is 4.15. The second-order valence-corrected chi connectivity index (χ2v) is 6.61. The van der Waals surface area contributed by atoms with Crippen LogP contribution in [-0.4, -0.2) is 27.3 Å². The molecule has 2 aromatic carbocycles. The van der Waals surface area contributed by atoms with E-state index in [-0.39, 0.29) is 6.61 Å². The van der Waals surface area contributed by atoms with Crippen molar-refractivity contribution in [2.45, 2.75) is 13.5 Å². The van der Waals surface area contributed by atoms with E-state index < -0.39 is 0 Å². The first-order valence-electron chi connectivity index (χ1n) is 8.58. The Morgan fingerprint density at radius 1 is 1.18 bits per heavy atom. The smallest absolute Gasteiger partial charge is 0.138 e. The van der Waals surface area contributed by atoms with Gasteiger partial charge in [0.05, 0.1) is 29.3 Å². The zero-order valence-electron chi connectivity index (χ0n) is 15.4. The molecule has 0 amide bonds. The number of aromatic amines is 1. The number of anilines is 1. The SMILES string of the molecule is COc1cc(OCc2cc[nH]n2)c(-c2cccc(Cl)c2C)c2ncnc(N)c12. The van der Waals surface area contributed by atoms with Crippen molar-refractivity contribution in [2.75, 3.05) is 12.8 Å². The highest BCUT2D eigenvalue weighted by atomic mass is 35.5. The minimum Gasteiger partial charge on any atom is -0.496 e. The summed E-state index contributed by atoms with van der Waals surface area (Å²) in [5, 5.41) is 8.20. The van der Waals surface area contributed by atoms with Gasteiger partial charge in [-0.05, 0) is 30.2 Å². The second kappa shape index (κ2) is 7.36. The molecule has 0 atom stereocenters. The van der Waals surface area contributed by atoms with Gasteiger partial charge in [-0.2, -0.15) is 5.10 Å². The lowest BCUT2D eigenvalue weighted by Gasteiger charge is -2.18. The second-order valence-electron chi connectivity index (χ2n) is 6.20. The van der Waals surface area contributed by atoms with E-state index in [1.54, 1.807) is 19.4 Å². The standard InChI is InChI=1S/C20H18ClN5O2/c1-11-13(4-3-5-14(11)21)17-16(28-9-12-6-7-25-26-12)8-15(27-2)18-19(17)23-10-24-20(18)22/h3-8,10H,9H2,1-2H3,(H,25,26)(H2,22,23,24). The van der Waals surface area contributed by atoms with E-state index in [1.165, 1.54) is 6.33 Å². The van der Waals surface area contributed by atoms with Crippen LogP contribution >= 0.6 is 11.6 Å². The van der Waals surface area contributed by atoms with Crippen LogP contribution in [0.4, 0.5) is 5.82 Å². The largest absolute Gasteiger partial charge is 0.496 e. The van der Waals surface area contributed by atoms with Gasteiger partial charge in [0, 0.05) is 17.3 Å². The molecule has 7 nitrogen and oxygen atoms in total. The number of benzene rings is 2. The van der Waals surface area contributed by atoms with E-state index in [0.717, 1.165) is 22.4 Å². The molecule has 0 spiro atoms. The third-order valence-corrected chi connectivity index (χ3v) is 4.97. The minimum absolute atomic E-state index is 0.283. The molecule has 8 heteroatoms. The fraction of sp³-hybridized carbons (Fsp3) is 0.150. The third-order valence-electron chi connectivity index (χ3n) is 4.56. The number of aromatic nitrogens is 4. The molecule has 2 aromatic heterocycles.